The molecule has 1 fully saturated rings. The molecular weight excluding hydrogens is 148 g/mol. The summed E-state index contributed by atoms with van der Waals surface area (Å²) in [5, 5.41) is 3.58. The van der Waals surface area contributed by atoms with E-state index in [2.05, 4.69) is 19.2 Å². The summed E-state index contributed by atoms with van der Waals surface area (Å²) in [5.41, 5.74) is 5.48. The summed E-state index contributed by atoms with van der Waals surface area (Å²) in [4.78, 5) is 0. The van der Waals surface area contributed by atoms with Crippen molar-refractivity contribution in [3.8, 4) is 0 Å². The summed E-state index contributed by atoms with van der Waals surface area (Å²) in [6.45, 7) is 6.56. The first kappa shape index (κ1) is 10.0. The van der Waals surface area contributed by atoms with Crippen LogP contribution in [0.2, 0.25) is 0 Å². The summed E-state index contributed by atoms with van der Waals surface area (Å²) in [6.07, 6.45) is 3.89. The molecule has 0 spiro atoms. The molecule has 0 bridgehead atoms. The van der Waals surface area contributed by atoms with E-state index in [1.165, 1.54) is 12.8 Å². The minimum atomic E-state index is 0.742. The second-order valence-electron chi connectivity index (χ2n) is 4.36. The van der Waals surface area contributed by atoms with Gasteiger partial charge in [0.15, 0.2) is 0 Å². The maximum Gasteiger partial charge on any atom is 0.00722 e. The van der Waals surface area contributed by atoms with Crippen LogP contribution >= 0.6 is 0 Å². The Morgan fingerprint density at radius 3 is 2.67 bits per heavy atom. The Balaban J connectivity index is 1.95. The molecule has 1 saturated carbocycles. The van der Waals surface area contributed by atoms with Crippen molar-refractivity contribution >= 4 is 0 Å². The van der Waals surface area contributed by atoms with E-state index in [9.17, 15) is 0 Å². The molecule has 0 amide bonds. The summed E-state index contributed by atoms with van der Waals surface area (Å²) >= 11 is 0. The van der Waals surface area contributed by atoms with Gasteiger partial charge in [-0.05, 0) is 44.2 Å². The molecule has 12 heavy (non-hydrogen) atoms. The molecule has 0 aromatic rings. The Morgan fingerprint density at radius 1 is 1.50 bits per heavy atom. The summed E-state index contributed by atoms with van der Waals surface area (Å²) in [6, 6.07) is 0.806. The van der Waals surface area contributed by atoms with Crippen LogP contribution in [0.1, 0.15) is 33.1 Å². The normalized spacial score (nSPS) is 31.2. The van der Waals surface area contributed by atoms with E-state index < -0.39 is 0 Å². The number of hydrogen-bond donors (Lipinski definition) is 2. The van der Waals surface area contributed by atoms with Gasteiger partial charge in [-0.3, -0.25) is 0 Å². The molecule has 3 N–H and O–H groups in total. The van der Waals surface area contributed by atoms with Gasteiger partial charge in [-0.15, -0.1) is 0 Å². The van der Waals surface area contributed by atoms with Crippen molar-refractivity contribution in [3.05, 3.63) is 0 Å². The highest BCUT2D eigenvalue weighted by atomic mass is 14.9. The van der Waals surface area contributed by atoms with Gasteiger partial charge in [-0.1, -0.05) is 13.8 Å². The standard InChI is InChI=1S/C10H22N2/c1-8(3-4-11)7-12-10-5-9(2)6-10/h8-10,12H,3-7,11H2,1-2H3. The zero-order valence-electron chi connectivity index (χ0n) is 8.34. The first-order valence-corrected chi connectivity index (χ1v) is 5.15. The van der Waals surface area contributed by atoms with Gasteiger partial charge in [0.25, 0.3) is 0 Å². The lowest BCUT2D eigenvalue weighted by molar-refractivity contribution is 0.232. The molecule has 0 heterocycles. The van der Waals surface area contributed by atoms with Crippen molar-refractivity contribution in [2.75, 3.05) is 13.1 Å². The molecule has 0 aromatic heterocycles. The lowest BCUT2D eigenvalue weighted by Crippen LogP contribution is -2.42. The Labute approximate surface area is 75.9 Å². The molecule has 1 atom stereocenters. The fraction of sp³-hybridized carbons (Fsp3) is 1.00. The van der Waals surface area contributed by atoms with Crippen LogP contribution in [0.25, 0.3) is 0 Å². The Kier molecular flexibility index (Phi) is 4.02. The number of nitrogens with one attached hydrogen (secondary N) is 1. The summed E-state index contributed by atoms with van der Waals surface area (Å²) < 4.78 is 0. The maximum atomic E-state index is 5.48. The summed E-state index contributed by atoms with van der Waals surface area (Å²) in [5.74, 6) is 1.69. The minimum Gasteiger partial charge on any atom is -0.330 e. The predicted molar refractivity (Wildman–Crippen MR) is 53.0 cm³/mol. The van der Waals surface area contributed by atoms with E-state index in [4.69, 9.17) is 5.73 Å². The van der Waals surface area contributed by atoms with Crippen molar-refractivity contribution in [2.24, 2.45) is 17.6 Å². The second-order valence-corrected chi connectivity index (χ2v) is 4.36. The van der Waals surface area contributed by atoms with Gasteiger partial charge in [-0.2, -0.15) is 0 Å². The predicted octanol–water partition coefficient (Wildman–Crippen LogP) is 1.36. The van der Waals surface area contributed by atoms with Crippen LogP contribution in [0.5, 0.6) is 0 Å². The van der Waals surface area contributed by atoms with E-state index in [1.807, 2.05) is 0 Å². The molecule has 1 aliphatic rings. The summed E-state index contributed by atoms with van der Waals surface area (Å²) in [7, 11) is 0. The third-order valence-electron chi connectivity index (χ3n) is 2.79. The highest BCUT2D eigenvalue weighted by molar-refractivity contribution is 4.82. The van der Waals surface area contributed by atoms with E-state index >= 15 is 0 Å². The molecule has 0 aromatic carbocycles. The monoisotopic (exact) mass is 170 g/mol. The Hall–Kier alpha value is -0.0800. The molecule has 0 radical (unpaired) electrons. The average Bonchev–Trinajstić information content (AvgIpc) is 1.96. The fourth-order valence-corrected chi connectivity index (χ4v) is 1.82. The van der Waals surface area contributed by atoms with Gasteiger partial charge in [0.1, 0.15) is 0 Å². The number of nitrogens with two attached hydrogens (primary N) is 1. The van der Waals surface area contributed by atoms with Crippen LogP contribution in [0.3, 0.4) is 0 Å². The second kappa shape index (κ2) is 4.83. The van der Waals surface area contributed by atoms with Crippen molar-refractivity contribution in [1.82, 2.24) is 5.32 Å². The van der Waals surface area contributed by atoms with E-state index in [-0.39, 0.29) is 0 Å². The van der Waals surface area contributed by atoms with E-state index in [0.29, 0.717) is 0 Å². The molecule has 1 unspecified atom stereocenters. The molecule has 0 aliphatic heterocycles. The highest BCUT2D eigenvalue weighted by Crippen LogP contribution is 2.26. The van der Waals surface area contributed by atoms with Gasteiger partial charge in [0.05, 0.1) is 0 Å². The number of hydrogen-bond acceptors (Lipinski definition) is 2. The lowest BCUT2D eigenvalue weighted by Gasteiger charge is -2.34. The third-order valence-corrected chi connectivity index (χ3v) is 2.79. The van der Waals surface area contributed by atoms with E-state index in [1.54, 1.807) is 0 Å². The molecule has 2 heteroatoms. The van der Waals surface area contributed by atoms with Crippen LogP contribution in [0.15, 0.2) is 0 Å². The van der Waals surface area contributed by atoms with Crippen molar-refractivity contribution in [1.29, 1.82) is 0 Å². The number of rotatable bonds is 5. The molecule has 1 aliphatic carbocycles. The molecule has 0 saturated heterocycles. The minimum absolute atomic E-state index is 0.742. The van der Waals surface area contributed by atoms with Crippen LogP contribution < -0.4 is 11.1 Å². The Morgan fingerprint density at radius 2 is 2.17 bits per heavy atom. The largest absolute Gasteiger partial charge is 0.330 e. The zero-order chi connectivity index (χ0) is 8.97. The quantitative estimate of drug-likeness (QED) is 0.654. The SMILES string of the molecule is CC(CCN)CNC1CC(C)C1. The smallest absolute Gasteiger partial charge is 0.00722 e. The molecule has 72 valence electrons. The fourth-order valence-electron chi connectivity index (χ4n) is 1.82. The average molecular weight is 170 g/mol. The van der Waals surface area contributed by atoms with Crippen molar-refractivity contribution < 1.29 is 0 Å². The third kappa shape index (κ3) is 3.11. The first-order valence-electron chi connectivity index (χ1n) is 5.15. The van der Waals surface area contributed by atoms with E-state index in [0.717, 1.165) is 37.4 Å². The van der Waals surface area contributed by atoms with Crippen LogP contribution in [-0.4, -0.2) is 19.1 Å². The van der Waals surface area contributed by atoms with Gasteiger partial charge in [0.2, 0.25) is 0 Å². The van der Waals surface area contributed by atoms with Crippen LogP contribution in [0, 0.1) is 11.8 Å². The van der Waals surface area contributed by atoms with Crippen molar-refractivity contribution in [3.63, 3.8) is 0 Å². The Bertz CT molecular complexity index is 114. The van der Waals surface area contributed by atoms with Crippen molar-refractivity contribution in [2.45, 2.75) is 39.2 Å². The lowest BCUT2D eigenvalue weighted by atomic mass is 9.82. The molecular formula is C10H22N2. The zero-order valence-corrected chi connectivity index (χ0v) is 8.34. The molecule has 1 rings (SSSR count). The van der Waals surface area contributed by atoms with Crippen LogP contribution in [-0.2, 0) is 0 Å². The topological polar surface area (TPSA) is 38.0 Å². The first-order chi connectivity index (χ1) is 5.72. The van der Waals surface area contributed by atoms with Gasteiger partial charge >= 0.3 is 0 Å². The van der Waals surface area contributed by atoms with Gasteiger partial charge in [-0.25, -0.2) is 0 Å². The van der Waals surface area contributed by atoms with Gasteiger partial charge < -0.3 is 11.1 Å². The highest BCUT2D eigenvalue weighted by Gasteiger charge is 2.24. The van der Waals surface area contributed by atoms with Crippen LogP contribution in [0.4, 0.5) is 0 Å². The molecule has 2 nitrogen and oxygen atoms in total. The van der Waals surface area contributed by atoms with Gasteiger partial charge in [0, 0.05) is 6.04 Å². The maximum absolute atomic E-state index is 5.48.